The molecule has 0 spiro atoms. The Labute approximate surface area is 136 Å². The molecule has 4 bridgehead atoms. The van der Waals surface area contributed by atoms with Crippen molar-refractivity contribution >= 4 is 5.69 Å². The van der Waals surface area contributed by atoms with Crippen LogP contribution in [0.5, 0.6) is 0 Å². The van der Waals surface area contributed by atoms with Gasteiger partial charge in [0.25, 0.3) is 0 Å². The van der Waals surface area contributed by atoms with Crippen molar-refractivity contribution in [1.29, 1.82) is 0 Å². The average Bonchev–Trinajstić information content (AvgIpc) is 2.99. The number of azo groups is 1. The van der Waals surface area contributed by atoms with Crippen LogP contribution in [0.4, 0.5) is 5.69 Å². The molecular formula is C20H21N3. The van der Waals surface area contributed by atoms with Crippen molar-refractivity contribution in [2.75, 3.05) is 4.90 Å². The Morgan fingerprint density at radius 1 is 0.870 bits per heavy atom. The molecule has 3 saturated carbocycles. The van der Waals surface area contributed by atoms with Crippen molar-refractivity contribution in [2.45, 2.75) is 37.0 Å². The molecule has 10 atom stereocenters. The summed E-state index contributed by atoms with van der Waals surface area (Å²) in [6.07, 6.45) is 7.59. The Morgan fingerprint density at radius 2 is 1.61 bits per heavy atom. The number of nitrogens with zero attached hydrogens (tertiary/aromatic N) is 3. The summed E-state index contributed by atoms with van der Waals surface area (Å²) >= 11 is 0. The lowest BCUT2D eigenvalue weighted by Gasteiger charge is -2.50. The second kappa shape index (κ2) is 3.71. The zero-order valence-corrected chi connectivity index (χ0v) is 13.1. The first-order valence-electron chi connectivity index (χ1n) is 9.33. The van der Waals surface area contributed by atoms with E-state index in [-0.39, 0.29) is 0 Å². The van der Waals surface area contributed by atoms with Gasteiger partial charge >= 0.3 is 0 Å². The molecule has 4 fully saturated rings. The van der Waals surface area contributed by atoms with Crippen molar-refractivity contribution in [3.63, 3.8) is 0 Å². The molecule has 0 N–H and O–H groups in total. The summed E-state index contributed by atoms with van der Waals surface area (Å²) in [4.78, 5) is 2.72. The number of anilines is 1. The maximum Gasteiger partial charge on any atom is 0.0809 e. The molecule has 0 amide bonds. The van der Waals surface area contributed by atoms with E-state index in [9.17, 15) is 0 Å². The van der Waals surface area contributed by atoms with Crippen LogP contribution in [0, 0.1) is 35.5 Å². The van der Waals surface area contributed by atoms with Gasteiger partial charge in [0.1, 0.15) is 0 Å². The second-order valence-electron chi connectivity index (χ2n) is 8.56. The standard InChI is InChI=1S/C20H21N3/c1-2-5-10(6-3-1)23-19-13-9-14(20(19)23)16-15(13)17-11-7-4-8-12(11)18(16)22-21-17/h1-7,11-20H,8-9H2/t11-,12+,13+,14-,15+,16-,17-,18+,19+,20-,23?/m0/s1. The lowest BCUT2D eigenvalue weighted by Crippen LogP contribution is -2.55. The summed E-state index contributed by atoms with van der Waals surface area (Å²) in [5.41, 5.74) is 1.44. The van der Waals surface area contributed by atoms with Crippen molar-refractivity contribution < 1.29 is 0 Å². The third-order valence-corrected chi connectivity index (χ3v) is 8.03. The third-order valence-electron chi connectivity index (χ3n) is 8.03. The highest BCUT2D eigenvalue weighted by Crippen LogP contribution is 2.70. The Bertz CT molecular complexity index is 741. The summed E-state index contributed by atoms with van der Waals surface area (Å²) in [6.45, 7) is 0. The van der Waals surface area contributed by atoms with Crippen LogP contribution < -0.4 is 4.90 Å². The highest BCUT2D eigenvalue weighted by atomic mass is 15.4. The minimum absolute atomic E-state index is 0.503. The normalized spacial score (nSPS) is 55.9. The van der Waals surface area contributed by atoms with Gasteiger partial charge in [-0.25, -0.2) is 0 Å². The topological polar surface area (TPSA) is 27.7 Å². The minimum atomic E-state index is 0.503. The van der Waals surface area contributed by atoms with Gasteiger partial charge in [-0.05, 0) is 54.6 Å². The van der Waals surface area contributed by atoms with E-state index in [0.717, 1.165) is 41.7 Å². The Hall–Kier alpha value is -1.64. The molecule has 7 aliphatic rings. The lowest BCUT2D eigenvalue weighted by atomic mass is 9.58. The fourth-order valence-electron chi connectivity index (χ4n) is 7.47. The van der Waals surface area contributed by atoms with E-state index in [1.807, 2.05) is 0 Å². The van der Waals surface area contributed by atoms with E-state index in [1.54, 1.807) is 0 Å². The molecule has 3 aliphatic heterocycles. The van der Waals surface area contributed by atoms with E-state index in [1.165, 1.54) is 18.5 Å². The molecule has 1 saturated heterocycles. The van der Waals surface area contributed by atoms with Gasteiger partial charge in [0, 0.05) is 11.6 Å². The fourth-order valence-corrected chi connectivity index (χ4v) is 7.47. The number of benzene rings is 1. The number of fused-ring (bicyclic) bond motifs is 5. The zero-order chi connectivity index (χ0) is 14.7. The predicted molar refractivity (Wildman–Crippen MR) is 88.2 cm³/mol. The number of hydrogen-bond donors (Lipinski definition) is 0. The SMILES string of the molecule is C1=C[C@H]2[C@@H](C1)[C@H]1N=N[C@@H]2[C@@H]2[C@H]3C[C@@H]([C@H]12)[C@H]1[C@@H]3N1c1ccccc1. The van der Waals surface area contributed by atoms with E-state index >= 15 is 0 Å². The smallest absolute Gasteiger partial charge is 0.0809 e. The summed E-state index contributed by atoms with van der Waals surface area (Å²) in [5.74, 6) is 4.89. The van der Waals surface area contributed by atoms with Crippen molar-refractivity contribution in [3.05, 3.63) is 42.5 Å². The van der Waals surface area contributed by atoms with Crippen LogP contribution in [-0.4, -0.2) is 24.2 Å². The largest absolute Gasteiger partial charge is 0.361 e. The molecule has 0 unspecified atom stereocenters. The maximum absolute atomic E-state index is 4.82. The summed E-state index contributed by atoms with van der Waals surface area (Å²) in [5, 5.41) is 9.63. The summed E-state index contributed by atoms with van der Waals surface area (Å²) in [6, 6.07) is 13.7. The highest BCUT2D eigenvalue weighted by molar-refractivity contribution is 5.60. The first-order chi connectivity index (χ1) is 11.4. The van der Waals surface area contributed by atoms with Gasteiger partial charge in [-0.2, -0.15) is 10.2 Å². The monoisotopic (exact) mass is 303 g/mol. The van der Waals surface area contributed by atoms with Gasteiger partial charge in [0.15, 0.2) is 0 Å². The van der Waals surface area contributed by atoms with Crippen LogP contribution in [0.2, 0.25) is 0 Å². The molecule has 0 radical (unpaired) electrons. The molecule has 3 heteroatoms. The van der Waals surface area contributed by atoms with Gasteiger partial charge < -0.3 is 4.90 Å². The van der Waals surface area contributed by atoms with Gasteiger partial charge in [-0.1, -0.05) is 30.4 Å². The Kier molecular flexibility index (Phi) is 1.91. The van der Waals surface area contributed by atoms with Crippen LogP contribution in [0.3, 0.4) is 0 Å². The van der Waals surface area contributed by atoms with Gasteiger partial charge in [-0.3, -0.25) is 0 Å². The van der Waals surface area contributed by atoms with Gasteiger partial charge in [0.05, 0.1) is 24.2 Å². The minimum Gasteiger partial charge on any atom is -0.361 e. The fraction of sp³-hybridized carbons (Fsp3) is 0.600. The molecule has 1 aromatic rings. The first kappa shape index (κ1) is 11.8. The third kappa shape index (κ3) is 1.21. The molecule has 0 aromatic heterocycles. The van der Waals surface area contributed by atoms with Crippen LogP contribution in [0.1, 0.15) is 12.8 Å². The first-order valence-corrected chi connectivity index (χ1v) is 9.33. The van der Waals surface area contributed by atoms with E-state index < -0.39 is 0 Å². The molecule has 23 heavy (non-hydrogen) atoms. The Morgan fingerprint density at radius 3 is 2.43 bits per heavy atom. The molecule has 4 aliphatic carbocycles. The second-order valence-corrected chi connectivity index (χ2v) is 8.56. The quantitative estimate of drug-likeness (QED) is 0.576. The molecule has 3 heterocycles. The summed E-state index contributed by atoms with van der Waals surface area (Å²) in [7, 11) is 0. The van der Waals surface area contributed by atoms with E-state index in [0.29, 0.717) is 18.0 Å². The van der Waals surface area contributed by atoms with E-state index in [2.05, 4.69) is 47.4 Å². The predicted octanol–water partition coefficient (Wildman–Crippen LogP) is 3.53. The van der Waals surface area contributed by atoms with Crippen LogP contribution in [0.25, 0.3) is 0 Å². The number of allylic oxidation sites excluding steroid dienone is 1. The van der Waals surface area contributed by atoms with Gasteiger partial charge in [0.2, 0.25) is 0 Å². The maximum atomic E-state index is 4.82. The van der Waals surface area contributed by atoms with Crippen LogP contribution >= 0.6 is 0 Å². The molecule has 3 nitrogen and oxygen atoms in total. The van der Waals surface area contributed by atoms with Crippen LogP contribution in [-0.2, 0) is 0 Å². The number of piperidine rings is 1. The van der Waals surface area contributed by atoms with E-state index in [4.69, 9.17) is 10.2 Å². The lowest BCUT2D eigenvalue weighted by molar-refractivity contribution is 0.0273. The average molecular weight is 303 g/mol. The molecular weight excluding hydrogens is 282 g/mol. The Balaban J connectivity index is 1.29. The number of para-hydroxylation sites is 1. The molecule has 116 valence electrons. The van der Waals surface area contributed by atoms with Crippen molar-refractivity contribution in [3.8, 4) is 0 Å². The number of rotatable bonds is 1. The molecule has 8 rings (SSSR count). The zero-order valence-electron chi connectivity index (χ0n) is 13.1. The molecule has 1 aromatic carbocycles. The highest BCUT2D eigenvalue weighted by Gasteiger charge is 2.75. The van der Waals surface area contributed by atoms with Crippen molar-refractivity contribution in [1.82, 2.24) is 0 Å². The van der Waals surface area contributed by atoms with Crippen molar-refractivity contribution in [2.24, 2.45) is 45.7 Å². The van der Waals surface area contributed by atoms with Gasteiger partial charge in [-0.15, -0.1) is 0 Å². The summed E-state index contributed by atoms with van der Waals surface area (Å²) < 4.78 is 0. The van der Waals surface area contributed by atoms with Crippen LogP contribution in [0.15, 0.2) is 52.7 Å². The number of hydrogen-bond acceptors (Lipinski definition) is 3.